The summed E-state index contributed by atoms with van der Waals surface area (Å²) in [4.78, 5) is -4.43. The highest BCUT2D eigenvalue weighted by Crippen LogP contribution is 2.34. The maximum Gasteiger partial charge on any atom is 0.298 e. The fraction of sp³-hybridized carbons (Fsp3) is 0. The van der Waals surface area contributed by atoms with Gasteiger partial charge in [0.15, 0.2) is 0 Å². The average Bonchev–Trinajstić information content (AvgIpc) is 2.52. The summed E-state index contributed by atoms with van der Waals surface area (Å²) in [5, 5.41) is 36.3. The Kier molecular flexibility index (Phi) is 7.40. The van der Waals surface area contributed by atoms with E-state index in [0.29, 0.717) is 18.2 Å². The van der Waals surface area contributed by atoms with Gasteiger partial charge in [0, 0.05) is 18.2 Å². The summed E-state index contributed by atoms with van der Waals surface area (Å²) >= 11 is 0. The first kappa shape index (κ1) is 27.3. The van der Waals surface area contributed by atoms with Gasteiger partial charge >= 0.3 is 0 Å². The van der Waals surface area contributed by atoms with Crippen LogP contribution in [0.3, 0.4) is 0 Å². The molecule has 0 atom stereocenters. The lowest BCUT2D eigenvalue weighted by molar-refractivity contribution is 0.417. The van der Waals surface area contributed by atoms with E-state index in [1.165, 1.54) is 0 Å². The van der Waals surface area contributed by atoms with E-state index in [1.807, 2.05) is 0 Å². The van der Waals surface area contributed by atoms with Crippen LogP contribution in [0, 0.1) is 0 Å². The molecule has 20 heteroatoms. The summed E-state index contributed by atoms with van der Waals surface area (Å²) in [7, 11) is -19.3. The number of hydrogen-bond acceptors (Lipinski definition) is 12. The van der Waals surface area contributed by atoms with Crippen LogP contribution in [-0.4, -0.2) is 72.3 Å². The van der Waals surface area contributed by atoms with Gasteiger partial charge in [-0.05, 0) is 6.07 Å². The smallest absolute Gasteiger partial charge is 0.298 e. The van der Waals surface area contributed by atoms with Crippen molar-refractivity contribution < 1.29 is 72.3 Å². The topological polar surface area (TPSA) is 298 Å². The van der Waals surface area contributed by atoms with E-state index in [1.54, 1.807) is 0 Å². The minimum Gasteiger partial charge on any atom is -0.506 e. The highest BCUT2D eigenvalue weighted by atomic mass is 32.2. The third kappa shape index (κ3) is 6.64. The van der Waals surface area contributed by atoms with Gasteiger partial charge in [-0.2, -0.15) is 33.7 Å². The van der Waals surface area contributed by atoms with Gasteiger partial charge in [-0.3, -0.25) is 18.2 Å². The number of benzene rings is 2. The van der Waals surface area contributed by atoms with Crippen molar-refractivity contribution >= 4 is 40.5 Å². The SMILES string of the molecule is O=S(=O)(O)c1cc(O)c(S(=O)(=O)O)cc1O.O=S(=O)(O)c1cc(S(=O)(=O)O)c(O)cc1O. The third-order valence-electron chi connectivity index (χ3n) is 3.19. The lowest BCUT2D eigenvalue weighted by atomic mass is 10.3. The van der Waals surface area contributed by atoms with Crippen molar-refractivity contribution in [3.63, 3.8) is 0 Å². The summed E-state index contributed by atoms with van der Waals surface area (Å²) in [6.45, 7) is 0. The van der Waals surface area contributed by atoms with Gasteiger partial charge in [0.2, 0.25) is 0 Å². The van der Waals surface area contributed by atoms with Gasteiger partial charge in [-0.15, -0.1) is 0 Å². The predicted octanol–water partition coefficient (Wildman–Crippen LogP) is -0.818. The first-order chi connectivity index (χ1) is 14.1. The molecular weight excluding hydrogens is 528 g/mol. The predicted molar refractivity (Wildman–Crippen MR) is 98.8 cm³/mol. The normalized spacial score (nSPS) is 12.6. The zero-order chi connectivity index (χ0) is 25.4. The summed E-state index contributed by atoms with van der Waals surface area (Å²) in [5.41, 5.74) is 0. The molecule has 0 aromatic heterocycles. The Morgan fingerprint density at radius 2 is 0.562 bits per heavy atom. The fourth-order valence-electron chi connectivity index (χ4n) is 1.90. The van der Waals surface area contributed by atoms with E-state index in [2.05, 4.69) is 0 Å². The van der Waals surface area contributed by atoms with Crippen molar-refractivity contribution in [2.75, 3.05) is 0 Å². The Morgan fingerprint density at radius 3 is 0.781 bits per heavy atom. The third-order valence-corrected chi connectivity index (χ3v) is 6.72. The second-order valence-corrected chi connectivity index (χ2v) is 11.0. The van der Waals surface area contributed by atoms with E-state index in [-0.39, 0.29) is 6.07 Å². The van der Waals surface area contributed by atoms with Gasteiger partial charge < -0.3 is 20.4 Å². The molecule has 2 aromatic carbocycles. The number of phenols is 4. The molecule has 0 heterocycles. The second kappa shape index (κ2) is 8.67. The van der Waals surface area contributed by atoms with Crippen molar-refractivity contribution in [2.24, 2.45) is 0 Å². The van der Waals surface area contributed by atoms with Gasteiger partial charge in [-0.1, -0.05) is 0 Å². The van der Waals surface area contributed by atoms with Crippen LogP contribution in [0.15, 0.2) is 43.8 Å². The van der Waals surface area contributed by atoms with Crippen LogP contribution in [0.25, 0.3) is 0 Å². The number of rotatable bonds is 4. The molecule has 8 N–H and O–H groups in total. The van der Waals surface area contributed by atoms with Crippen LogP contribution < -0.4 is 0 Å². The maximum absolute atomic E-state index is 10.7. The van der Waals surface area contributed by atoms with Gasteiger partial charge in [0.25, 0.3) is 40.5 Å². The Morgan fingerprint density at radius 1 is 0.375 bits per heavy atom. The van der Waals surface area contributed by atoms with Crippen LogP contribution in [-0.2, 0) is 40.5 Å². The zero-order valence-electron chi connectivity index (χ0n) is 14.8. The van der Waals surface area contributed by atoms with Crippen LogP contribution in [0.1, 0.15) is 0 Å². The molecule has 32 heavy (non-hydrogen) atoms. The summed E-state index contributed by atoms with van der Waals surface area (Å²) < 4.78 is 120. The Balaban J connectivity index is 0.000000320. The molecule has 2 aromatic rings. The second-order valence-electron chi connectivity index (χ2n) is 5.48. The zero-order valence-corrected chi connectivity index (χ0v) is 18.1. The van der Waals surface area contributed by atoms with E-state index in [0.717, 1.165) is 0 Å². The van der Waals surface area contributed by atoms with Crippen molar-refractivity contribution in [1.29, 1.82) is 0 Å². The largest absolute Gasteiger partial charge is 0.506 e. The van der Waals surface area contributed by atoms with Crippen LogP contribution in [0.5, 0.6) is 23.0 Å². The van der Waals surface area contributed by atoms with Crippen LogP contribution >= 0.6 is 0 Å². The van der Waals surface area contributed by atoms with Crippen molar-refractivity contribution in [3.8, 4) is 23.0 Å². The molecular formula is C12H12O16S4. The standard InChI is InChI=1S/2C6H6O8S2/c7-3-1-5(15(9,10)11)4(8)2-6(3)16(12,13)14;7-3-1-4(8)6(16(12,13)14)2-5(3)15(9,10)11/h2*1-2,7-8H,(H,9,10,11)(H,12,13,14). The molecule has 0 radical (unpaired) electrons. The molecule has 0 saturated carbocycles. The minimum atomic E-state index is -4.87. The summed E-state index contributed by atoms with van der Waals surface area (Å²) in [6.07, 6.45) is 0. The fourth-order valence-corrected chi connectivity index (χ4v) is 4.33. The number of aromatic hydroxyl groups is 4. The Labute approximate surface area is 179 Å². The van der Waals surface area contributed by atoms with Crippen LogP contribution in [0.4, 0.5) is 0 Å². The van der Waals surface area contributed by atoms with E-state index in [9.17, 15) is 33.7 Å². The molecule has 0 amide bonds. The molecule has 0 aliphatic carbocycles. The number of hydrogen-bond donors (Lipinski definition) is 8. The van der Waals surface area contributed by atoms with Gasteiger partial charge in [-0.25, -0.2) is 0 Å². The molecule has 0 aliphatic heterocycles. The molecule has 0 spiro atoms. The monoisotopic (exact) mass is 540 g/mol. The first-order valence-corrected chi connectivity index (χ1v) is 12.8. The summed E-state index contributed by atoms with van der Waals surface area (Å²) in [5.74, 6) is -4.33. The molecule has 0 fully saturated rings. The Hall–Kier alpha value is -2.72. The van der Waals surface area contributed by atoms with E-state index in [4.69, 9.17) is 38.6 Å². The quantitative estimate of drug-likeness (QED) is 0.173. The lowest BCUT2D eigenvalue weighted by Crippen LogP contribution is -2.03. The van der Waals surface area contributed by atoms with Crippen molar-refractivity contribution in [2.45, 2.75) is 19.6 Å². The molecule has 2 rings (SSSR count). The van der Waals surface area contributed by atoms with Crippen molar-refractivity contribution in [3.05, 3.63) is 24.3 Å². The highest BCUT2D eigenvalue weighted by molar-refractivity contribution is 7.87. The molecule has 180 valence electrons. The lowest BCUT2D eigenvalue weighted by Gasteiger charge is -2.05. The summed E-state index contributed by atoms with van der Waals surface area (Å²) in [6, 6.07) is 1.20. The van der Waals surface area contributed by atoms with Crippen molar-refractivity contribution in [1.82, 2.24) is 0 Å². The Bertz CT molecular complexity index is 1370. The average molecular weight is 540 g/mol. The molecule has 0 unspecified atom stereocenters. The number of phenolic OH excluding ortho intramolecular Hbond substituents is 4. The van der Waals surface area contributed by atoms with E-state index < -0.39 is 83.1 Å². The highest BCUT2D eigenvalue weighted by Gasteiger charge is 2.25. The molecule has 0 aliphatic rings. The molecule has 0 bridgehead atoms. The van der Waals surface area contributed by atoms with Crippen LogP contribution in [0.2, 0.25) is 0 Å². The molecule has 16 nitrogen and oxygen atoms in total. The van der Waals surface area contributed by atoms with E-state index >= 15 is 0 Å². The van der Waals surface area contributed by atoms with Gasteiger partial charge in [0.05, 0.1) is 0 Å². The van der Waals surface area contributed by atoms with Gasteiger partial charge in [0.1, 0.15) is 42.6 Å². The molecule has 0 saturated heterocycles. The maximum atomic E-state index is 10.7. The first-order valence-electron chi connectivity index (χ1n) is 7.08. The minimum absolute atomic E-state index is 0.231.